The lowest BCUT2D eigenvalue weighted by molar-refractivity contribution is -0.115. The van der Waals surface area contributed by atoms with Crippen LogP contribution in [-0.4, -0.2) is 20.4 Å². The van der Waals surface area contributed by atoms with Gasteiger partial charge in [-0.15, -0.1) is 34.0 Å². The number of pyridine rings is 2. The molecule has 0 saturated carbocycles. The molecule has 0 spiro atoms. The van der Waals surface area contributed by atoms with Crippen molar-refractivity contribution in [2.75, 3.05) is 0 Å². The van der Waals surface area contributed by atoms with Crippen molar-refractivity contribution in [1.82, 2.24) is 8.80 Å². The SMILES string of the molecule is O=C(/C=C/c1ccccc1)CCc1cc2c(cc3c4ccc5c(=O)n6c7cc(CCC(=O)/C=C/C8=CCCC=C8)sc7cc6c6sc(c(=O)n23)c4c56)s1. The molecule has 53 heavy (non-hydrogen) atoms. The Kier molecular flexibility index (Phi) is 7.64. The highest BCUT2D eigenvalue weighted by Crippen LogP contribution is 2.44. The summed E-state index contributed by atoms with van der Waals surface area (Å²) in [5.74, 6) is 0.149. The molecule has 0 N–H and O–H groups in total. The van der Waals surface area contributed by atoms with Crippen LogP contribution in [0.3, 0.4) is 0 Å². The second kappa shape index (κ2) is 12.6. The Balaban J connectivity index is 0.989. The first-order valence-electron chi connectivity index (χ1n) is 17.7. The molecule has 7 aromatic heterocycles. The topological polar surface area (TPSA) is 77.1 Å². The largest absolute Gasteiger partial charge is 0.295 e. The number of carbonyl (C=O) groups is 2. The predicted molar refractivity (Wildman–Crippen MR) is 222 cm³/mol. The zero-order valence-corrected chi connectivity index (χ0v) is 30.8. The van der Waals surface area contributed by atoms with E-state index in [-0.39, 0.29) is 22.7 Å². The van der Waals surface area contributed by atoms with Gasteiger partial charge in [0.15, 0.2) is 11.6 Å². The number of benzene rings is 2. The van der Waals surface area contributed by atoms with E-state index in [0.717, 1.165) is 86.1 Å². The molecule has 1 aliphatic carbocycles. The van der Waals surface area contributed by atoms with Crippen molar-refractivity contribution in [3.05, 3.63) is 145 Å². The van der Waals surface area contributed by atoms with Crippen LogP contribution >= 0.6 is 34.0 Å². The highest BCUT2D eigenvalue weighted by atomic mass is 32.1. The monoisotopic (exact) mass is 746 g/mol. The van der Waals surface area contributed by atoms with Crippen LogP contribution in [0.25, 0.3) is 68.5 Å². The molecule has 9 aromatic rings. The molecule has 2 aromatic carbocycles. The lowest BCUT2D eigenvalue weighted by atomic mass is 10.0. The number of allylic oxidation sites excluding steroid dienone is 7. The Morgan fingerprint density at radius 2 is 1.28 bits per heavy atom. The van der Waals surface area contributed by atoms with Gasteiger partial charge in [0.1, 0.15) is 4.70 Å². The number of ketones is 2. The molecular weight excluding hydrogens is 717 g/mol. The summed E-state index contributed by atoms with van der Waals surface area (Å²) in [6.45, 7) is 0. The molecule has 0 aliphatic heterocycles. The minimum Gasteiger partial charge on any atom is -0.295 e. The highest BCUT2D eigenvalue weighted by molar-refractivity contribution is 7.27. The third kappa shape index (κ3) is 5.33. The van der Waals surface area contributed by atoms with E-state index in [0.29, 0.717) is 35.8 Å². The number of hydrogen-bond acceptors (Lipinski definition) is 7. The number of fused-ring (bicyclic) bond motifs is 8. The number of aryl methyl sites for hydroxylation is 2. The maximum absolute atomic E-state index is 14.3. The van der Waals surface area contributed by atoms with E-state index in [9.17, 15) is 19.2 Å². The molecule has 0 amide bonds. The fourth-order valence-corrected chi connectivity index (χ4v) is 11.1. The van der Waals surface area contributed by atoms with Gasteiger partial charge in [-0.25, -0.2) is 0 Å². The van der Waals surface area contributed by atoms with Crippen molar-refractivity contribution in [1.29, 1.82) is 0 Å². The summed E-state index contributed by atoms with van der Waals surface area (Å²) in [5.41, 5.74) is 5.24. The average Bonchev–Trinajstić information content (AvgIpc) is 3.99. The van der Waals surface area contributed by atoms with E-state index >= 15 is 0 Å². The average molecular weight is 747 g/mol. The van der Waals surface area contributed by atoms with Crippen LogP contribution in [0.4, 0.5) is 0 Å². The summed E-state index contributed by atoms with van der Waals surface area (Å²) in [7, 11) is 0. The van der Waals surface area contributed by atoms with Crippen LogP contribution in [0.2, 0.25) is 0 Å². The molecule has 6 nitrogen and oxygen atoms in total. The van der Waals surface area contributed by atoms with Gasteiger partial charge in [0, 0.05) is 44.1 Å². The first kappa shape index (κ1) is 32.2. The smallest absolute Gasteiger partial charge is 0.273 e. The molecule has 0 fully saturated rings. The second-order valence-corrected chi connectivity index (χ2v) is 17.0. The number of carbonyl (C=O) groups excluding carboxylic acids is 2. The summed E-state index contributed by atoms with van der Waals surface area (Å²) >= 11 is 4.70. The molecule has 9 heteroatoms. The van der Waals surface area contributed by atoms with Crippen LogP contribution in [0.5, 0.6) is 0 Å². The maximum Gasteiger partial charge on any atom is 0.273 e. The maximum atomic E-state index is 14.3. The molecule has 0 bridgehead atoms. The van der Waals surface area contributed by atoms with Crippen molar-refractivity contribution in [3.63, 3.8) is 0 Å². The molecule has 0 unspecified atom stereocenters. The van der Waals surface area contributed by atoms with E-state index < -0.39 is 0 Å². The number of nitrogens with zero attached hydrogens (tertiary/aromatic N) is 2. The number of thiophene rings is 3. The van der Waals surface area contributed by atoms with Gasteiger partial charge >= 0.3 is 0 Å². The Labute approximate surface area is 314 Å². The second-order valence-electron chi connectivity index (χ2n) is 13.6. The van der Waals surface area contributed by atoms with Crippen molar-refractivity contribution < 1.29 is 9.59 Å². The Morgan fingerprint density at radius 1 is 0.642 bits per heavy atom. The molecule has 1 aliphatic rings. The fraction of sp³-hybridized carbons (Fsp3) is 0.136. The number of hydrogen-bond donors (Lipinski definition) is 0. The van der Waals surface area contributed by atoms with Crippen molar-refractivity contribution in [2.24, 2.45) is 0 Å². The first-order valence-corrected chi connectivity index (χ1v) is 20.2. The lowest BCUT2D eigenvalue weighted by Crippen LogP contribution is -2.13. The number of rotatable bonds is 10. The summed E-state index contributed by atoms with van der Waals surface area (Å²) in [5, 5.41) is 3.28. The van der Waals surface area contributed by atoms with Gasteiger partial charge in [-0.2, -0.15) is 0 Å². The van der Waals surface area contributed by atoms with E-state index in [1.54, 1.807) is 39.2 Å². The lowest BCUT2D eigenvalue weighted by Gasteiger charge is -2.06. The van der Waals surface area contributed by atoms with Crippen LogP contribution in [0.1, 0.15) is 41.0 Å². The van der Waals surface area contributed by atoms with Crippen LogP contribution in [-0.2, 0) is 22.4 Å². The highest BCUT2D eigenvalue weighted by Gasteiger charge is 2.25. The summed E-state index contributed by atoms with van der Waals surface area (Å²) in [6.07, 6.45) is 17.4. The zero-order chi connectivity index (χ0) is 35.8. The first-order chi connectivity index (χ1) is 25.9. The molecule has 0 saturated heterocycles. The van der Waals surface area contributed by atoms with Gasteiger partial charge in [-0.05, 0) is 79.3 Å². The molecule has 7 heterocycles. The van der Waals surface area contributed by atoms with Gasteiger partial charge in [-0.1, -0.05) is 66.8 Å². The molecule has 10 rings (SSSR count). The van der Waals surface area contributed by atoms with E-state index in [1.165, 1.54) is 11.3 Å². The fourth-order valence-electron chi connectivity index (χ4n) is 7.72. The van der Waals surface area contributed by atoms with Crippen molar-refractivity contribution in [3.8, 4) is 0 Å². The van der Waals surface area contributed by atoms with E-state index in [4.69, 9.17) is 0 Å². The van der Waals surface area contributed by atoms with E-state index in [2.05, 4.69) is 36.4 Å². The van der Waals surface area contributed by atoms with Crippen LogP contribution < -0.4 is 11.1 Å². The van der Waals surface area contributed by atoms with Gasteiger partial charge < -0.3 is 0 Å². The molecule has 0 atom stereocenters. The summed E-state index contributed by atoms with van der Waals surface area (Å²) in [4.78, 5) is 55.9. The molecule has 0 radical (unpaired) electrons. The Bertz CT molecular complexity index is 3200. The minimum absolute atomic E-state index is 0.0655. The van der Waals surface area contributed by atoms with Crippen LogP contribution in [0.15, 0.2) is 118 Å². The van der Waals surface area contributed by atoms with E-state index in [1.807, 2.05) is 65.1 Å². The van der Waals surface area contributed by atoms with Gasteiger partial charge in [0.2, 0.25) is 0 Å². The summed E-state index contributed by atoms with van der Waals surface area (Å²) < 4.78 is 7.18. The summed E-state index contributed by atoms with van der Waals surface area (Å²) in [6, 6.07) is 21.9. The normalized spacial score (nSPS) is 14.0. The predicted octanol–water partition coefficient (Wildman–Crippen LogP) is 10.3. The quantitative estimate of drug-likeness (QED) is 0.103. The van der Waals surface area contributed by atoms with Crippen LogP contribution in [0, 0.1) is 0 Å². The van der Waals surface area contributed by atoms with Crippen molar-refractivity contribution in [2.45, 2.75) is 38.5 Å². The van der Waals surface area contributed by atoms with Gasteiger partial charge in [0.05, 0.1) is 36.2 Å². The number of aromatic nitrogens is 2. The Hall–Kier alpha value is -5.48. The Morgan fingerprint density at radius 3 is 1.98 bits per heavy atom. The minimum atomic E-state index is -0.0947. The standard InChI is InChI=1S/C44H30N2O4S3/c47-27(13-11-25-7-3-1-4-8-25)15-17-29-21-34-37(51-29)23-33-31-19-20-32-40-39(31)42(44(50)45(33)34)53-41(40)36-24-38-35(46(36)43(32)49)22-30(52-38)18-16-28(48)14-12-26-9-5-2-6-10-26/h1,3-5,7-14,19-24H,2,6,15-18H2/b13-11+,14-12+. The third-order valence-corrected chi connectivity index (χ3v) is 13.7. The third-order valence-electron chi connectivity index (χ3n) is 10.3. The zero-order valence-electron chi connectivity index (χ0n) is 28.4. The molecular formula is C44H30N2O4S3. The van der Waals surface area contributed by atoms with Gasteiger partial charge in [-0.3, -0.25) is 28.0 Å². The van der Waals surface area contributed by atoms with Crippen molar-refractivity contribution >= 4 is 114 Å². The molecule has 258 valence electrons. The van der Waals surface area contributed by atoms with Gasteiger partial charge in [0.25, 0.3) is 11.1 Å².